The molecule has 10 nitrogen and oxygen atoms in total. The Morgan fingerprint density at radius 1 is 1.03 bits per heavy atom. The van der Waals surface area contributed by atoms with Crippen molar-refractivity contribution in [2.24, 2.45) is 0 Å². The molecule has 0 bridgehead atoms. The van der Waals surface area contributed by atoms with Crippen molar-refractivity contribution in [3.8, 4) is 11.8 Å². The Bertz CT molecular complexity index is 1070. The zero-order valence-corrected chi connectivity index (χ0v) is 19.7. The number of hydrogen-bond donors (Lipinski definition) is 5. The Balaban J connectivity index is 2.12. The molecule has 2 rings (SSSR count). The zero-order chi connectivity index (χ0) is 26.0. The molecule has 5 N–H and O–H groups in total. The number of aliphatic hydroxyl groups is 2. The largest absolute Gasteiger partial charge is 0.394 e. The molecule has 0 fully saturated rings. The quantitative estimate of drug-likeness (QED) is 0.113. The number of nitrogens with zero attached hydrogens (tertiary/aromatic N) is 1. The summed E-state index contributed by atoms with van der Waals surface area (Å²) in [5.74, 6) is 3.56. The van der Waals surface area contributed by atoms with Crippen molar-refractivity contribution in [2.75, 3.05) is 33.9 Å². The zero-order valence-electron chi connectivity index (χ0n) is 19.7. The van der Waals surface area contributed by atoms with Gasteiger partial charge in [-0.05, 0) is 48.9 Å². The lowest BCUT2D eigenvalue weighted by Gasteiger charge is -2.34. The molecule has 0 heterocycles. The van der Waals surface area contributed by atoms with Crippen molar-refractivity contribution < 1.29 is 34.5 Å². The molecule has 10 heteroatoms. The van der Waals surface area contributed by atoms with Crippen LogP contribution in [0.5, 0.6) is 0 Å². The van der Waals surface area contributed by atoms with Gasteiger partial charge in [-0.1, -0.05) is 24.0 Å². The summed E-state index contributed by atoms with van der Waals surface area (Å²) in [7, 11) is 2.61. The smallest absolute Gasteiger partial charge is 0.278 e. The Hall–Kier alpha value is -3.75. The summed E-state index contributed by atoms with van der Waals surface area (Å²) in [5, 5.41) is 30.1. The number of hydroxylamine groups is 1. The minimum Gasteiger partial charge on any atom is -0.394 e. The van der Waals surface area contributed by atoms with E-state index in [0.29, 0.717) is 16.7 Å². The number of hydrogen-bond acceptors (Lipinski definition) is 7. The van der Waals surface area contributed by atoms with Gasteiger partial charge in [0.25, 0.3) is 17.7 Å². The number of nitrogens with one attached hydrogen (secondary N) is 2. The van der Waals surface area contributed by atoms with E-state index < -0.39 is 29.4 Å². The minimum absolute atomic E-state index is 0.0821. The average molecular weight is 484 g/mol. The van der Waals surface area contributed by atoms with E-state index in [1.807, 2.05) is 0 Å². The maximum atomic E-state index is 12.9. The summed E-state index contributed by atoms with van der Waals surface area (Å²) in [5.41, 5.74) is 1.70. The Morgan fingerprint density at radius 2 is 1.57 bits per heavy atom. The monoisotopic (exact) mass is 483 g/mol. The number of likely N-dealkylation sites (N-methyl/N-ethyl adjacent to an activating group) is 2. The number of amides is 3. The normalized spacial score (nSPS) is 13.0. The van der Waals surface area contributed by atoms with E-state index in [-0.39, 0.29) is 25.4 Å². The summed E-state index contributed by atoms with van der Waals surface area (Å²) < 4.78 is 5.12. The average Bonchev–Trinajstić information content (AvgIpc) is 2.90. The SMILES string of the molecule is CNC(=O)[C@@](C)(C(=O)NO)N(C)C(=O)c1ccc(C#Cc2ccc([C@H](O)COCCO)cc2)cc1. The standard InChI is InChI=1S/C25H29N3O7/c1-25(23(32)26-2,24(33)27-34)28(3)22(31)20-12-8-18(9-13-20)5-4-17-6-10-19(11-7-17)21(30)16-35-15-14-29/h6-13,21,29-30,34H,14-16H2,1-3H3,(H,26,32)(H,27,33)/t21-,25+/m1/s1. The molecule has 0 aliphatic heterocycles. The van der Waals surface area contributed by atoms with Gasteiger partial charge in [0.1, 0.15) is 6.10 Å². The van der Waals surface area contributed by atoms with Crippen molar-refractivity contribution in [1.82, 2.24) is 15.7 Å². The van der Waals surface area contributed by atoms with Crippen LogP contribution in [0.3, 0.4) is 0 Å². The van der Waals surface area contributed by atoms with Gasteiger partial charge in [-0.3, -0.25) is 19.6 Å². The number of carbonyl (C=O) groups is 3. The van der Waals surface area contributed by atoms with Gasteiger partial charge in [0.2, 0.25) is 0 Å². The van der Waals surface area contributed by atoms with Gasteiger partial charge >= 0.3 is 0 Å². The molecular formula is C25H29N3O7. The van der Waals surface area contributed by atoms with E-state index in [1.54, 1.807) is 36.4 Å². The van der Waals surface area contributed by atoms with Gasteiger partial charge in [0.05, 0.1) is 19.8 Å². The van der Waals surface area contributed by atoms with Crippen LogP contribution in [0.4, 0.5) is 0 Å². The Morgan fingerprint density at radius 3 is 2.06 bits per heavy atom. The lowest BCUT2D eigenvalue weighted by Crippen LogP contribution is -2.64. The molecule has 0 radical (unpaired) electrons. The summed E-state index contributed by atoms with van der Waals surface area (Å²) in [4.78, 5) is 38.3. The molecule has 2 aromatic carbocycles. The molecule has 35 heavy (non-hydrogen) atoms. The van der Waals surface area contributed by atoms with Gasteiger partial charge < -0.3 is 25.2 Å². The molecule has 0 unspecified atom stereocenters. The summed E-state index contributed by atoms with van der Waals surface area (Å²) in [6.45, 7) is 1.36. The van der Waals surface area contributed by atoms with Crippen LogP contribution in [0.15, 0.2) is 48.5 Å². The predicted octanol–water partition coefficient (Wildman–Crippen LogP) is 0.211. The van der Waals surface area contributed by atoms with Gasteiger partial charge in [-0.25, -0.2) is 5.48 Å². The predicted molar refractivity (Wildman–Crippen MR) is 126 cm³/mol. The molecule has 0 saturated carbocycles. The highest BCUT2D eigenvalue weighted by molar-refractivity contribution is 6.12. The van der Waals surface area contributed by atoms with Crippen LogP contribution < -0.4 is 10.8 Å². The van der Waals surface area contributed by atoms with Crippen LogP contribution in [-0.2, 0) is 14.3 Å². The van der Waals surface area contributed by atoms with Crippen LogP contribution in [0.1, 0.15) is 40.1 Å². The van der Waals surface area contributed by atoms with Gasteiger partial charge in [-0.15, -0.1) is 0 Å². The second-order valence-electron chi connectivity index (χ2n) is 7.72. The summed E-state index contributed by atoms with van der Waals surface area (Å²) >= 11 is 0. The van der Waals surface area contributed by atoms with Crippen molar-refractivity contribution in [1.29, 1.82) is 0 Å². The third-order valence-electron chi connectivity index (χ3n) is 5.48. The maximum absolute atomic E-state index is 12.9. The lowest BCUT2D eigenvalue weighted by atomic mass is 9.96. The number of aliphatic hydroxyl groups excluding tert-OH is 2. The van der Waals surface area contributed by atoms with E-state index in [9.17, 15) is 19.5 Å². The first-order valence-electron chi connectivity index (χ1n) is 10.7. The molecule has 3 amide bonds. The minimum atomic E-state index is -1.97. The first-order valence-corrected chi connectivity index (χ1v) is 10.7. The Kier molecular flexibility index (Phi) is 9.93. The van der Waals surface area contributed by atoms with Crippen LogP contribution in [-0.4, -0.2) is 77.5 Å². The van der Waals surface area contributed by atoms with E-state index in [0.717, 1.165) is 4.90 Å². The van der Waals surface area contributed by atoms with Crippen molar-refractivity contribution >= 4 is 17.7 Å². The number of rotatable bonds is 9. The van der Waals surface area contributed by atoms with Crippen molar-refractivity contribution in [3.05, 3.63) is 70.8 Å². The van der Waals surface area contributed by atoms with E-state index in [2.05, 4.69) is 17.2 Å². The van der Waals surface area contributed by atoms with Gasteiger partial charge in [0, 0.05) is 30.8 Å². The lowest BCUT2D eigenvalue weighted by molar-refractivity contribution is -0.148. The molecule has 0 aromatic heterocycles. The fourth-order valence-corrected chi connectivity index (χ4v) is 3.14. The molecule has 0 saturated heterocycles. The van der Waals surface area contributed by atoms with Gasteiger partial charge in [-0.2, -0.15) is 0 Å². The Labute approximate surface area is 203 Å². The second-order valence-corrected chi connectivity index (χ2v) is 7.72. The van der Waals surface area contributed by atoms with Crippen LogP contribution in [0.2, 0.25) is 0 Å². The van der Waals surface area contributed by atoms with Gasteiger partial charge in [0.15, 0.2) is 5.54 Å². The van der Waals surface area contributed by atoms with Crippen molar-refractivity contribution in [3.63, 3.8) is 0 Å². The molecule has 186 valence electrons. The molecule has 0 aliphatic rings. The first-order chi connectivity index (χ1) is 16.7. The van der Waals surface area contributed by atoms with E-state index in [1.165, 1.54) is 38.6 Å². The molecule has 0 spiro atoms. The summed E-state index contributed by atoms with van der Waals surface area (Å²) in [6.07, 6.45) is -0.805. The van der Waals surface area contributed by atoms with Crippen molar-refractivity contribution in [2.45, 2.75) is 18.6 Å². The van der Waals surface area contributed by atoms with E-state index >= 15 is 0 Å². The topological polar surface area (TPSA) is 148 Å². The molecule has 0 aliphatic carbocycles. The highest BCUT2D eigenvalue weighted by Crippen LogP contribution is 2.18. The fourth-order valence-electron chi connectivity index (χ4n) is 3.14. The third kappa shape index (κ3) is 6.65. The summed E-state index contributed by atoms with van der Waals surface area (Å²) in [6, 6.07) is 13.3. The highest BCUT2D eigenvalue weighted by Gasteiger charge is 2.47. The number of ether oxygens (including phenoxy) is 1. The van der Waals surface area contributed by atoms with E-state index in [4.69, 9.17) is 15.1 Å². The van der Waals surface area contributed by atoms with Crippen LogP contribution in [0, 0.1) is 11.8 Å². The number of carbonyl (C=O) groups excluding carboxylic acids is 3. The highest BCUT2D eigenvalue weighted by atomic mass is 16.5. The number of benzene rings is 2. The fraction of sp³-hybridized carbons (Fsp3) is 0.320. The maximum Gasteiger partial charge on any atom is 0.278 e. The second kappa shape index (κ2) is 12.6. The first kappa shape index (κ1) is 27.5. The van der Waals surface area contributed by atoms with Crippen LogP contribution >= 0.6 is 0 Å². The molecular weight excluding hydrogens is 454 g/mol. The third-order valence-corrected chi connectivity index (χ3v) is 5.48. The molecule has 2 aromatic rings. The van der Waals surface area contributed by atoms with Crippen LogP contribution in [0.25, 0.3) is 0 Å². The molecule has 2 atom stereocenters.